The zero-order chi connectivity index (χ0) is 14.7. The Labute approximate surface area is 119 Å². The normalized spacial score (nSPS) is 11.7. The van der Waals surface area contributed by atoms with Crippen LogP contribution in [0.3, 0.4) is 0 Å². The third-order valence-corrected chi connectivity index (χ3v) is 3.09. The molecule has 1 N–H and O–H groups in total. The van der Waals surface area contributed by atoms with Crippen LogP contribution in [0.5, 0.6) is 0 Å². The van der Waals surface area contributed by atoms with E-state index in [9.17, 15) is 9.90 Å². The SMILES string of the molecule is Cc1nnc(S/C(=C/c2ccc(N(C)C)o2)C(=O)O)o1. The van der Waals surface area contributed by atoms with Gasteiger partial charge in [0.15, 0.2) is 5.88 Å². The molecule has 2 aromatic heterocycles. The highest BCUT2D eigenvalue weighted by atomic mass is 32.2. The van der Waals surface area contributed by atoms with Gasteiger partial charge in [-0.3, -0.25) is 0 Å². The second-order valence-electron chi connectivity index (χ2n) is 4.07. The van der Waals surface area contributed by atoms with Crippen LogP contribution in [0, 0.1) is 6.92 Å². The molecular weight excluding hydrogens is 282 g/mol. The van der Waals surface area contributed by atoms with Gasteiger partial charge in [-0.05, 0) is 17.8 Å². The summed E-state index contributed by atoms with van der Waals surface area (Å²) in [5, 5.41) is 16.8. The molecule has 2 heterocycles. The van der Waals surface area contributed by atoms with Gasteiger partial charge in [-0.15, -0.1) is 10.2 Å². The summed E-state index contributed by atoms with van der Waals surface area (Å²) < 4.78 is 10.6. The molecule has 0 saturated heterocycles. The van der Waals surface area contributed by atoms with E-state index in [2.05, 4.69) is 10.2 Å². The summed E-state index contributed by atoms with van der Waals surface area (Å²) in [6, 6.07) is 3.45. The van der Waals surface area contributed by atoms with Crippen molar-refractivity contribution >= 4 is 29.7 Å². The number of thioether (sulfide) groups is 1. The number of carboxylic acid groups (broad SMARTS) is 1. The first-order chi connectivity index (χ1) is 9.45. The van der Waals surface area contributed by atoms with Crippen LogP contribution in [-0.4, -0.2) is 35.4 Å². The summed E-state index contributed by atoms with van der Waals surface area (Å²) in [4.78, 5) is 13.0. The van der Waals surface area contributed by atoms with Crippen molar-refractivity contribution < 1.29 is 18.7 Å². The van der Waals surface area contributed by atoms with Crippen LogP contribution in [0.25, 0.3) is 6.08 Å². The average Bonchev–Trinajstić information content (AvgIpc) is 2.98. The summed E-state index contributed by atoms with van der Waals surface area (Å²) in [5.41, 5.74) is 0. The third kappa shape index (κ3) is 3.41. The van der Waals surface area contributed by atoms with Crippen LogP contribution in [0.4, 0.5) is 5.88 Å². The molecule has 0 saturated carbocycles. The van der Waals surface area contributed by atoms with Gasteiger partial charge in [-0.25, -0.2) is 4.79 Å². The van der Waals surface area contributed by atoms with E-state index in [0.717, 1.165) is 11.8 Å². The molecule has 0 aliphatic carbocycles. The van der Waals surface area contributed by atoms with E-state index in [-0.39, 0.29) is 10.1 Å². The number of furan rings is 1. The molecule has 0 aliphatic rings. The van der Waals surface area contributed by atoms with Gasteiger partial charge in [0.2, 0.25) is 5.89 Å². The van der Waals surface area contributed by atoms with Crippen LogP contribution in [0.15, 0.2) is 31.1 Å². The van der Waals surface area contributed by atoms with Gasteiger partial charge in [0, 0.05) is 33.2 Å². The molecule has 2 rings (SSSR count). The molecule has 0 atom stereocenters. The molecule has 0 amide bonds. The van der Waals surface area contributed by atoms with E-state index in [1.165, 1.54) is 6.08 Å². The smallest absolute Gasteiger partial charge is 0.342 e. The lowest BCUT2D eigenvalue weighted by atomic mass is 10.4. The fourth-order valence-corrected chi connectivity index (χ4v) is 2.03. The van der Waals surface area contributed by atoms with Crippen molar-refractivity contribution in [3.63, 3.8) is 0 Å². The quantitative estimate of drug-likeness (QED) is 0.663. The highest BCUT2D eigenvalue weighted by Gasteiger charge is 2.15. The molecule has 0 bridgehead atoms. The number of carbonyl (C=O) groups is 1. The largest absolute Gasteiger partial charge is 0.477 e. The monoisotopic (exact) mass is 295 g/mol. The molecule has 0 spiro atoms. The first-order valence-electron chi connectivity index (χ1n) is 5.66. The Kier molecular flexibility index (Phi) is 4.14. The third-order valence-electron chi connectivity index (χ3n) is 2.24. The Bertz CT molecular complexity index is 645. The van der Waals surface area contributed by atoms with Gasteiger partial charge < -0.3 is 18.8 Å². The number of hydrogen-bond acceptors (Lipinski definition) is 7. The van der Waals surface area contributed by atoms with Crippen LogP contribution < -0.4 is 4.90 Å². The van der Waals surface area contributed by atoms with E-state index in [4.69, 9.17) is 8.83 Å². The van der Waals surface area contributed by atoms with Crippen LogP contribution >= 0.6 is 11.8 Å². The van der Waals surface area contributed by atoms with Crippen LogP contribution in [-0.2, 0) is 4.79 Å². The lowest BCUT2D eigenvalue weighted by molar-refractivity contribution is -0.131. The summed E-state index contributed by atoms with van der Waals surface area (Å²) in [6.07, 6.45) is 1.42. The minimum absolute atomic E-state index is 0.0355. The fraction of sp³-hybridized carbons (Fsp3) is 0.250. The molecular formula is C12H13N3O4S. The zero-order valence-corrected chi connectivity index (χ0v) is 12.0. The Balaban J connectivity index is 2.23. The summed E-state index contributed by atoms with van der Waals surface area (Å²) in [5.74, 6) is 0.369. The van der Waals surface area contributed by atoms with Crippen molar-refractivity contribution in [3.05, 3.63) is 28.7 Å². The number of rotatable bonds is 5. The summed E-state index contributed by atoms with van der Waals surface area (Å²) in [7, 11) is 3.67. The Morgan fingerprint density at radius 3 is 2.60 bits per heavy atom. The number of aryl methyl sites for hydroxylation is 1. The maximum atomic E-state index is 11.2. The first kappa shape index (κ1) is 14.2. The van der Waals surface area contributed by atoms with Crippen molar-refractivity contribution in [3.8, 4) is 0 Å². The van der Waals surface area contributed by atoms with E-state index in [0.29, 0.717) is 17.5 Å². The maximum Gasteiger partial charge on any atom is 0.342 e. The number of hydrogen-bond donors (Lipinski definition) is 1. The molecule has 0 fully saturated rings. The number of anilines is 1. The standard InChI is InChI=1S/C12H13N3O4S/c1-7-13-14-12(18-7)20-9(11(16)17)6-8-4-5-10(19-8)15(2)3/h4-6H,1-3H3,(H,16,17)/b9-6+. The predicted octanol–water partition coefficient (Wildman–Crippen LogP) is 2.25. The number of aromatic nitrogens is 2. The molecule has 0 radical (unpaired) electrons. The van der Waals surface area contributed by atoms with E-state index >= 15 is 0 Å². The van der Waals surface area contributed by atoms with Crippen molar-refractivity contribution in [1.29, 1.82) is 0 Å². The van der Waals surface area contributed by atoms with Gasteiger partial charge in [-0.1, -0.05) is 0 Å². The highest BCUT2D eigenvalue weighted by Crippen LogP contribution is 2.28. The van der Waals surface area contributed by atoms with Crippen molar-refractivity contribution in [1.82, 2.24) is 10.2 Å². The first-order valence-corrected chi connectivity index (χ1v) is 6.47. The van der Waals surface area contributed by atoms with E-state index in [1.54, 1.807) is 24.0 Å². The Morgan fingerprint density at radius 1 is 1.35 bits per heavy atom. The average molecular weight is 295 g/mol. The minimum Gasteiger partial charge on any atom is -0.477 e. The maximum absolute atomic E-state index is 11.2. The van der Waals surface area contributed by atoms with E-state index in [1.807, 2.05) is 14.1 Å². The van der Waals surface area contributed by atoms with Gasteiger partial charge in [0.25, 0.3) is 5.22 Å². The summed E-state index contributed by atoms with van der Waals surface area (Å²) >= 11 is 0.878. The molecule has 20 heavy (non-hydrogen) atoms. The fourth-order valence-electron chi connectivity index (χ4n) is 1.34. The van der Waals surface area contributed by atoms with Crippen molar-refractivity contribution in [2.45, 2.75) is 12.1 Å². The predicted molar refractivity (Wildman–Crippen MR) is 73.5 cm³/mol. The lowest BCUT2D eigenvalue weighted by Crippen LogP contribution is -2.06. The molecule has 0 aliphatic heterocycles. The van der Waals surface area contributed by atoms with Crippen molar-refractivity contribution in [2.24, 2.45) is 0 Å². The molecule has 8 heteroatoms. The Morgan fingerprint density at radius 2 is 2.10 bits per heavy atom. The molecule has 2 aromatic rings. The molecule has 7 nitrogen and oxygen atoms in total. The number of carboxylic acids is 1. The zero-order valence-electron chi connectivity index (χ0n) is 11.2. The minimum atomic E-state index is -1.09. The number of aliphatic carboxylic acids is 1. The highest BCUT2D eigenvalue weighted by molar-refractivity contribution is 8.03. The van der Waals surface area contributed by atoms with Crippen molar-refractivity contribution in [2.75, 3.05) is 19.0 Å². The Hall–Kier alpha value is -2.22. The van der Waals surface area contributed by atoms with Crippen LogP contribution in [0.2, 0.25) is 0 Å². The van der Waals surface area contributed by atoms with E-state index < -0.39 is 5.97 Å². The molecule has 0 aromatic carbocycles. The van der Waals surface area contributed by atoms with Gasteiger partial charge in [-0.2, -0.15) is 0 Å². The summed E-state index contributed by atoms with van der Waals surface area (Å²) in [6.45, 7) is 1.64. The van der Waals surface area contributed by atoms with Gasteiger partial charge in [0.1, 0.15) is 10.7 Å². The van der Waals surface area contributed by atoms with Gasteiger partial charge in [0.05, 0.1) is 0 Å². The second-order valence-corrected chi connectivity index (χ2v) is 5.07. The number of nitrogens with zero attached hydrogens (tertiary/aromatic N) is 3. The van der Waals surface area contributed by atoms with Crippen LogP contribution in [0.1, 0.15) is 11.7 Å². The lowest BCUT2D eigenvalue weighted by Gasteiger charge is -2.06. The topological polar surface area (TPSA) is 92.6 Å². The molecule has 0 unspecified atom stereocenters. The second kappa shape index (κ2) is 5.83. The molecule has 106 valence electrons. The van der Waals surface area contributed by atoms with Gasteiger partial charge >= 0.3 is 5.97 Å².